The molecule has 2 heterocycles. The predicted molar refractivity (Wildman–Crippen MR) is 224 cm³/mol. The van der Waals surface area contributed by atoms with Crippen LogP contribution in [0.3, 0.4) is 0 Å². The van der Waals surface area contributed by atoms with Crippen molar-refractivity contribution in [3.05, 3.63) is 93.5 Å². The number of nitrogens with one attached hydrogen (secondary N) is 2. The highest BCUT2D eigenvalue weighted by atomic mass is 79.9. The summed E-state index contributed by atoms with van der Waals surface area (Å²) in [6.07, 6.45) is 7.51. The van der Waals surface area contributed by atoms with Crippen molar-refractivity contribution in [2.75, 3.05) is 25.7 Å². The molecule has 15 heteroatoms. The fourth-order valence-electron chi connectivity index (χ4n) is 6.47. The maximum Gasteiger partial charge on any atom is 0.264 e. The first kappa shape index (κ1) is 46.5. The Morgan fingerprint density at radius 1 is 0.684 bits per heavy atom. The number of aryl methyl sites for hydroxylation is 4. The number of amides is 2. The van der Waals surface area contributed by atoms with Gasteiger partial charge in [0.1, 0.15) is 9.49 Å². The molecule has 5 rings (SSSR count). The molecule has 3 aromatic rings. The van der Waals surface area contributed by atoms with Crippen LogP contribution >= 0.6 is 15.9 Å². The van der Waals surface area contributed by atoms with Crippen LogP contribution in [0, 0.1) is 13.8 Å². The van der Waals surface area contributed by atoms with E-state index in [1.54, 1.807) is 0 Å². The van der Waals surface area contributed by atoms with E-state index in [-0.39, 0.29) is 12.8 Å². The Bertz CT molecular complexity index is 2040. The monoisotopic (exact) mass is 892 g/mol. The van der Waals surface area contributed by atoms with Crippen molar-refractivity contribution in [1.82, 2.24) is 11.0 Å². The molecule has 2 aliphatic heterocycles. The van der Waals surface area contributed by atoms with Crippen molar-refractivity contribution in [2.45, 2.75) is 114 Å². The number of hydrogen-bond donors (Lipinski definition) is 2. The summed E-state index contributed by atoms with van der Waals surface area (Å²) in [6, 6.07) is 22.0. The van der Waals surface area contributed by atoms with Crippen molar-refractivity contribution in [3.63, 3.8) is 0 Å². The van der Waals surface area contributed by atoms with Gasteiger partial charge < -0.3 is 9.47 Å². The van der Waals surface area contributed by atoms with Gasteiger partial charge in [-0.25, -0.2) is 37.5 Å². The molecule has 0 saturated carbocycles. The number of hydroxylamine groups is 2. The Morgan fingerprint density at radius 2 is 1.14 bits per heavy atom. The van der Waals surface area contributed by atoms with Crippen molar-refractivity contribution < 1.29 is 45.6 Å². The van der Waals surface area contributed by atoms with Crippen LogP contribution in [0.2, 0.25) is 0 Å². The molecular weight excluding hydrogens is 837 g/mol. The molecule has 12 nitrogen and oxygen atoms in total. The van der Waals surface area contributed by atoms with Gasteiger partial charge in [-0.05, 0) is 125 Å². The first-order valence-electron chi connectivity index (χ1n) is 19.3. The molecule has 0 spiro atoms. The summed E-state index contributed by atoms with van der Waals surface area (Å²) in [5.74, 6) is -1.33. The molecule has 4 atom stereocenters. The highest BCUT2D eigenvalue weighted by Crippen LogP contribution is 2.29. The lowest BCUT2D eigenvalue weighted by atomic mass is 9.94. The Morgan fingerprint density at radius 3 is 1.54 bits per heavy atom. The van der Waals surface area contributed by atoms with Crippen molar-refractivity contribution in [3.8, 4) is 11.1 Å². The topological polar surface area (TPSA) is 163 Å². The quantitative estimate of drug-likeness (QED) is 0.151. The Kier molecular flexibility index (Phi) is 16.9. The highest BCUT2D eigenvalue weighted by Gasteiger charge is 2.45. The zero-order valence-electron chi connectivity index (χ0n) is 33.8. The van der Waals surface area contributed by atoms with E-state index in [9.17, 15) is 26.4 Å². The number of halogens is 1. The number of hydrogen-bond acceptors (Lipinski definition) is 10. The van der Waals surface area contributed by atoms with Gasteiger partial charge in [0.05, 0.1) is 0 Å². The van der Waals surface area contributed by atoms with E-state index in [2.05, 4.69) is 45.1 Å². The number of carbonyl (C=O) groups excluding carboxylic acids is 2. The molecule has 4 unspecified atom stereocenters. The number of carbonyl (C=O) groups is 2. The fraction of sp³-hybridized carbons (Fsp3) is 0.524. The van der Waals surface area contributed by atoms with Crippen LogP contribution in [-0.4, -0.2) is 76.4 Å². The van der Waals surface area contributed by atoms with Gasteiger partial charge in [0.2, 0.25) is 0 Å². The second-order valence-electron chi connectivity index (χ2n) is 15.3. The van der Waals surface area contributed by atoms with Gasteiger partial charge in [-0.1, -0.05) is 70.5 Å². The smallest absolute Gasteiger partial charge is 0.264 e. The minimum atomic E-state index is -3.68. The molecule has 0 bridgehead atoms. The molecular formula is C42H57BrN2O10S2. The van der Waals surface area contributed by atoms with E-state index in [1.807, 2.05) is 62.4 Å². The van der Waals surface area contributed by atoms with E-state index in [1.165, 1.54) is 13.8 Å². The second-order valence-corrected chi connectivity index (χ2v) is 21.1. The molecule has 0 radical (unpaired) electrons. The average molecular weight is 894 g/mol. The highest BCUT2D eigenvalue weighted by molar-refractivity contribution is 9.10. The summed E-state index contributed by atoms with van der Waals surface area (Å²) in [6.45, 7) is 8.01. The molecule has 0 aliphatic carbocycles. The van der Waals surface area contributed by atoms with Gasteiger partial charge in [0.15, 0.2) is 32.3 Å². The van der Waals surface area contributed by atoms with Gasteiger partial charge in [0.25, 0.3) is 11.8 Å². The lowest BCUT2D eigenvalue weighted by molar-refractivity contribution is -0.201. The van der Waals surface area contributed by atoms with Crippen LogP contribution < -0.4 is 11.0 Å². The fourth-order valence-corrected chi connectivity index (χ4v) is 8.65. The molecule has 3 aromatic carbocycles. The summed E-state index contributed by atoms with van der Waals surface area (Å²) in [5, 5.41) is 0. The van der Waals surface area contributed by atoms with Crippen LogP contribution in [0.5, 0.6) is 0 Å². The lowest BCUT2D eigenvalue weighted by Crippen LogP contribution is -2.51. The Labute approximate surface area is 346 Å². The molecule has 314 valence electrons. The Hall–Kier alpha value is -3.18. The van der Waals surface area contributed by atoms with Gasteiger partial charge >= 0.3 is 0 Å². The predicted octanol–water partition coefficient (Wildman–Crippen LogP) is 7.04. The van der Waals surface area contributed by atoms with E-state index in [0.29, 0.717) is 38.9 Å². The molecule has 2 amide bonds. The normalized spacial score (nSPS) is 19.6. The first-order chi connectivity index (χ1) is 26.8. The largest absolute Gasteiger partial charge is 0.350 e. The molecule has 2 N–H and O–H groups in total. The zero-order valence-corrected chi connectivity index (χ0v) is 37.0. The van der Waals surface area contributed by atoms with Crippen LogP contribution in [0.25, 0.3) is 11.1 Å². The van der Waals surface area contributed by atoms with Crippen molar-refractivity contribution in [2.24, 2.45) is 0 Å². The van der Waals surface area contributed by atoms with Gasteiger partial charge in [-0.3, -0.25) is 9.59 Å². The summed E-state index contributed by atoms with van der Waals surface area (Å²) in [4.78, 5) is 36.1. The minimum Gasteiger partial charge on any atom is -0.350 e. The van der Waals surface area contributed by atoms with Gasteiger partial charge in [0, 0.05) is 43.0 Å². The molecule has 2 aliphatic rings. The minimum absolute atomic E-state index is 0.151. The van der Waals surface area contributed by atoms with Crippen LogP contribution in [0.4, 0.5) is 0 Å². The molecule has 0 aromatic heterocycles. The molecule has 57 heavy (non-hydrogen) atoms. The third kappa shape index (κ3) is 12.9. The standard InChI is InChI=1S/C24H31NO5S.C18H26BrNO5S/c1-18-17-21(20-9-5-4-6-10-20)13-12-19(18)14-15-24(2,31(3,27)28)23(26)25-30-22-11-7-8-16-29-22;1-13-12-15(19)8-7-14(13)9-10-18(2,26(3,22)23)17(21)20-25-16-6-4-5-11-24-16/h4-6,9-10,12-13,17,22H,7-8,11,14-16H2,1-3H3,(H,25,26);7-8,12,16H,4-6,9-11H2,1-3H3,(H,20,21). The van der Waals surface area contributed by atoms with Crippen LogP contribution in [0.15, 0.2) is 71.2 Å². The number of benzene rings is 3. The number of sulfone groups is 2. The third-order valence-electron chi connectivity index (χ3n) is 10.9. The van der Waals surface area contributed by atoms with Crippen LogP contribution in [-0.2, 0) is 61.3 Å². The number of rotatable bonds is 15. The van der Waals surface area contributed by atoms with Crippen molar-refractivity contribution >= 4 is 47.4 Å². The van der Waals surface area contributed by atoms with Gasteiger partial charge in [-0.2, -0.15) is 0 Å². The van der Waals surface area contributed by atoms with Gasteiger partial charge in [-0.15, -0.1) is 0 Å². The van der Waals surface area contributed by atoms with E-state index >= 15 is 0 Å². The lowest BCUT2D eigenvalue weighted by Gasteiger charge is -2.28. The Balaban J connectivity index is 0.000000257. The summed E-state index contributed by atoms with van der Waals surface area (Å²) < 4.78 is 58.4. The zero-order chi connectivity index (χ0) is 41.9. The third-order valence-corrected chi connectivity index (χ3v) is 15.5. The molecule has 2 fully saturated rings. The van der Waals surface area contributed by atoms with E-state index in [0.717, 1.165) is 76.0 Å². The summed E-state index contributed by atoms with van der Waals surface area (Å²) in [7, 11) is -7.33. The van der Waals surface area contributed by atoms with Crippen LogP contribution in [0.1, 0.15) is 87.5 Å². The average Bonchev–Trinajstić information content (AvgIpc) is 3.18. The maximum atomic E-state index is 12.8. The summed E-state index contributed by atoms with van der Waals surface area (Å²) in [5.41, 5.74) is 11.0. The van der Waals surface area contributed by atoms with E-state index in [4.69, 9.17) is 19.1 Å². The first-order valence-corrected chi connectivity index (χ1v) is 23.9. The SMILES string of the molecule is Cc1cc(-c2ccccc2)ccc1CCC(C)(C(=O)NOC1CCCCO1)S(C)(=O)=O.Cc1cc(Br)ccc1CCC(C)(C(=O)NOC1CCCCO1)S(C)(=O)=O. The van der Waals surface area contributed by atoms with Crippen molar-refractivity contribution in [1.29, 1.82) is 0 Å². The number of ether oxygens (including phenoxy) is 2. The summed E-state index contributed by atoms with van der Waals surface area (Å²) >= 11 is 3.41. The van der Waals surface area contributed by atoms with E-state index < -0.39 is 53.6 Å². The second kappa shape index (κ2) is 20.7. The molecule has 2 saturated heterocycles. The maximum absolute atomic E-state index is 12.8.